The number of hydrogen-bond acceptors (Lipinski definition) is 6. The predicted octanol–water partition coefficient (Wildman–Crippen LogP) is 2.07. The Morgan fingerprint density at radius 2 is 1.73 bits per heavy atom. The molecule has 0 aliphatic heterocycles. The van der Waals surface area contributed by atoms with E-state index in [9.17, 15) is 15.0 Å². The number of hydrogen-bond donors (Lipinski definition) is 3. The van der Waals surface area contributed by atoms with Crippen LogP contribution in [0.3, 0.4) is 0 Å². The number of nitrogens with two attached hydrogens (primary N) is 1. The summed E-state index contributed by atoms with van der Waals surface area (Å²) < 4.78 is 12.0. The van der Waals surface area contributed by atoms with Gasteiger partial charge >= 0.3 is 0 Å². The summed E-state index contributed by atoms with van der Waals surface area (Å²) in [6, 6.07) is 10.6. The number of rotatable bonds is 5. The minimum Gasteiger partial charge on any atom is -0.508 e. The minimum atomic E-state index is -0.713. The average molecular weight is 355 g/mol. The second-order valence-corrected chi connectivity index (χ2v) is 5.40. The zero-order valence-corrected chi connectivity index (χ0v) is 14.1. The molecule has 1 aromatic heterocycles. The molecule has 3 aromatic rings. The summed E-state index contributed by atoms with van der Waals surface area (Å²) in [6.45, 7) is 0. The van der Waals surface area contributed by atoms with E-state index in [1.165, 1.54) is 43.2 Å². The van der Waals surface area contributed by atoms with E-state index in [0.29, 0.717) is 28.4 Å². The Bertz CT molecular complexity index is 959. The van der Waals surface area contributed by atoms with Crippen molar-refractivity contribution in [2.24, 2.45) is 5.73 Å². The lowest BCUT2D eigenvalue weighted by atomic mass is 10.1. The third kappa shape index (κ3) is 2.88. The van der Waals surface area contributed by atoms with Crippen molar-refractivity contribution in [3.05, 3.63) is 48.2 Å². The summed E-state index contributed by atoms with van der Waals surface area (Å²) in [7, 11) is 2.97. The maximum Gasteiger partial charge on any atom is 0.267 e. The van der Waals surface area contributed by atoms with Crippen LogP contribution in [0.4, 0.5) is 0 Å². The Morgan fingerprint density at radius 3 is 2.27 bits per heavy atom. The van der Waals surface area contributed by atoms with E-state index < -0.39 is 5.91 Å². The van der Waals surface area contributed by atoms with E-state index in [2.05, 4.69) is 5.10 Å². The van der Waals surface area contributed by atoms with E-state index in [4.69, 9.17) is 15.2 Å². The van der Waals surface area contributed by atoms with Gasteiger partial charge in [-0.3, -0.25) is 4.79 Å². The van der Waals surface area contributed by atoms with Crippen LogP contribution in [0.15, 0.2) is 42.5 Å². The maximum absolute atomic E-state index is 12.0. The van der Waals surface area contributed by atoms with E-state index >= 15 is 0 Å². The first-order chi connectivity index (χ1) is 12.5. The number of nitrogens with zero attached hydrogens (tertiary/aromatic N) is 2. The highest BCUT2D eigenvalue weighted by Gasteiger charge is 2.22. The van der Waals surface area contributed by atoms with E-state index in [1.54, 1.807) is 18.2 Å². The summed E-state index contributed by atoms with van der Waals surface area (Å²) in [5.41, 5.74) is 6.61. The maximum atomic E-state index is 12.0. The van der Waals surface area contributed by atoms with Crippen LogP contribution in [0.2, 0.25) is 0 Å². The molecule has 0 unspecified atom stereocenters. The molecular formula is C18H17N3O5. The molecule has 0 fully saturated rings. The van der Waals surface area contributed by atoms with Crippen molar-refractivity contribution < 1.29 is 24.5 Å². The van der Waals surface area contributed by atoms with Crippen LogP contribution >= 0.6 is 0 Å². The molecule has 0 radical (unpaired) electrons. The Balaban J connectivity index is 2.27. The van der Waals surface area contributed by atoms with Gasteiger partial charge < -0.3 is 25.4 Å². The molecule has 8 heteroatoms. The van der Waals surface area contributed by atoms with Crippen molar-refractivity contribution in [3.63, 3.8) is 0 Å². The van der Waals surface area contributed by atoms with Gasteiger partial charge in [0, 0.05) is 11.6 Å². The Hall–Kier alpha value is -3.68. The summed E-state index contributed by atoms with van der Waals surface area (Å²) in [5, 5.41) is 23.9. The molecule has 134 valence electrons. The number of methoxy groups -OCH3 is 2. The number of ether oxygens (including phenoxy) is 2. The SMILES string of the molecule is COc1cccc(OC)c1-n1nc(-c2ccc(O)cc2O)cc1C(N)=O. The van der Waals surface area contributed by atoms with E-state index in [-0.39, 0.29) is 17.2 Å². The van der Waals surface area contributed by atoms with Gasteiger partial charge in [-0.2, -0.15) is 5.10 Å². The number of primary amides is 1. The quantitative estimate of drug-likeness (QED) is 0.644. The molecule has 0 bridgehead atoms. The van der Waals surface area contributed by atoms with Crippen molar-refractivity contribution in [2.45, 2.75) is 0 Å². The molecule has 8 nitrogen and oxygen atoms in total. The van der Waals surface area contributed by atoms with Crippen LogP contribution in [-0.4, -0.2) is 40.1 Å². The summed E-state index contributed by atoms with van der Waals surface area (Å²) >= 11 is 0. The zero-order chi connectivity index (χ0) is 18.8. The molecule has 1 amide bonds. The number of phenols is 2. The van der Waals surface area contributed by atoms with Crippen LogP contribution in [0.1, 0.15) is 10.5 Å². The van der Waals surface area contributed by atoms with Gasteiger partial charge in [0.1, 0.15) is 34.4 Å². The highest BCUT2D eigenvalue weighted by molar-refractivity contribution is 5.93. The molecule has 1 heterocycles. The van der Waals surface area contributed by atoms with Crippen molar-refractivity contribution in [2.75, 3.05) is 14.2 Å². The van der Waals surface area contributed by atoms with Crippen molar-refractivity contribution in [3.8, 4) is 39.9 Å². The molecule has 2 aromatic carbocycles. The molecule has 26 heavy (non-hydrogen) atoms. The second kappa shape index (κ2) is 6.67. The van der Waals surface area contributed by atoms with Crippen LogP contribution in [0.25, 0.3) is 16.9 Å². The standard InChI is InChI=1S/C18H17N3O5/c1-25-15-4-3-5-16(26-2)17(15)21-13(18(19)24)9-12(20-21)11-7-6-10(22)8-14(11)23/h3-9,22-23H,1-2H3,(H2,19,24). The van der Waals surface area contributed by atoms with Gasteiger partial charge in [-0.05, 0) is 30.3 Å². The van der Waals surface area contributed by atoms with Crippen LogP contribution in [0, 0.1) is 0 Å². The zero-order valence-electron chi connectivity index (χ0n) is 14.1. The molecule has 3 rings (SSSR count). The first-order valence-corrected chi connectivity index (χ1v) is 7.59. The van der Waals surface area contributed by atoms with Crippen LogP contribution in [-0.2, 0) is 0 Å². The Morgan fingerprint density at radius 1 is 1.08 bits per heavy atom. The molecule has 0 saturated heterocycles. The number of benzene rings is 2. The van der Waals surface area contributed by atoms with Gasteiger partial charge in [-0.1, -0.05) is 6.07 Å². The largest absolute Gasteiger partial charge is 0.508 e. The fourth-order valence-corrected chi connectivity index (χ4v) is 2.64. The van der Waals surface area contributed by atoms with Crippen LogP contribution in [0.5, 0.6) is 23.0 Å². The first-order valence-electron chi connectivity index (χ1n) is 7.59. The number of aromatic hydroxyl groups is 2. The van der Waals surface area contributed by atoms with Crippen molar-refractivity contribution >= 4 is 5.91 Å². The minimum absolute atomic E-state index is 0.0790. The molecule has 0 saturated carbocycles. The number of para-hydroxylation sites is 1. The lowest BCUT2D eigenvalue weighted by Crippen LogP contribution is -2.17. The highest BCUT2D eigenvalue weighted by Crippen LogP contribution is 2.36. The van der Waals surface area contributed by atoms with Gasteiger partial charge in [0.25, 0.3) is 5.91 Å². The van der Waals surface area contributed by atoms with Crippen LogP contribution < -0.4 is 15.2 Å². The predicted molar refractivity (Wildman–Crippen MR) is 94.0 cm³/mol. The van der Waals surface area contributed by atoms with Gasteiger partial charge in [-0.25, -0.2) is 4.68 Å². The fraction of sp³-hybridized carbons (Fsp3) is 0.111. The highest BCUT2D eigenvalue weighted by atomic mass is 16.5. The third-order valence-corrected chi connectivity index (χ3v) is 3.83. The molecule has 0 spiro atoms. The molecule has 4 N–H and O–H groups in total. The van der Waals surface area contributed by atoms with Crippen molar-refractivity contribution in [1.82, 2.24) is 9.78 Å². The molecule has 0 atom stereocenters. The first kappa shape index (κ1) is 17.2. The number of amides is 1. The summed E-state index contributed by atoms with van der Waals surface area (Å²) in [5.74, 6) is -0.132. The number of phenolic OH excluding ortho intramolecular Hbond substituents is 2. The summed E-state index contributed by atoms with van der Waals surface area (Å²) in [6.07, 6.45) is 0. The molecule has 0 aliphatic carbocycles. The topological polar surface area (TPSA) is 120 Å². The number of carbonyl (C=O) groups is 1. The molecular weight excluding hydrogens is 338 g/mol. The van der Waals surface area contributed by atoms with E-state index in [0.717, 1.165) is 0 Å². The third-order valence-electron chi connectivity index (χ3n) is 3.83. The van der Waals surface area contributed by atoms with Gasteiger partial charge in [0.05, 0.1) is 19.9 Å². The van der Waals surface area contributed by atoms with Crippen molar-refractivity contribution in [1.29, 1.82) is 0 Å². The fourth-order valence-electron chi connectivity index (χ4n) is 2.64. The van der Waals surface area contributed by atoms with E-state index in [1.807, 2.05) is 0 Å². The number of aromatic nitrogens is 2. The summed E-state index contributed by atoms with van der Waals surface area (Å²) in [4.78, 5) is 12.0. The Kier molecular flexibility index (Phi) is 4.40. The van der Waals surface area contributed by atoms with Gasteiger partial charge in [0.15, 0.2) is 0 Å². The van der Waals surface area contributed by atoms with Gasteiger partial charge in [-0.15, -0.1) is 0 Å². The lowest BCUT2D eigenvalue weighted by Gasteiger charge is -2.14. The van der Waals surface area contributed by atoms with Gasteiger partial charge in [0.2, 0.25) is 0 Å². The Labute approximate surface area is 149 Å². The average Bonchev–Trinajstić information content (AvgIpc) is 3.05. The number of carbonyl (C=O) groups excluding carboxylic acids is 1. The lowest BCUT2D eigenvalue weighted by molar-refractivity contribution is 0.0993. The second-order valence-electron chi connectivity index (χ2n) is 5.40. The monoisotopic (exact) mass is 355 g/mol. The normalized spacial score (nSPS) is 10.5. The smallest absolute Gasteiger partial charge is 0.267 e. The molecule has 0 aliphatic rings.